The first-order valence-electron chi connectivity index (χ1n) is 10.8. The van der Waals surface area contributed by atoms with E-state index in [0.29, 0.717) is 16.8 Å². The molecule has 1 aliphatic carbocycles. The number of anilines is 2. The lowest BCUT2D eigenvalue weighted by Crippen LogP contribution is -2.35. The molecule has 0 spiro atoms. The average molecular weight is 453 g/mol. The van der Waals surface area contributed by atoms with E-state index in [1.807, 2.05) is 13.0 Å². The van der Waals surface area contributed by atoms with Crippen LogP contribution in [0.5, 0.6) is 0 Å². The van der Waals surface area contributed by atoms with Gasteiger partial charge in [-0.3, -0.25) is 0 Å². The number of fused-ring (bicyclic) bond motifs is 1. The van der Waals surface area contributed by atoms with Crippen molar-refractivity contribution in [2.45, 2.75) is 44.7 Å². The monoisotopic (exact) mass is 453 g/mol. The molecule has 1 aromatic carbocycles. The van der Waals surface area contributed by atoms with Gasteiger partial charge in [-0.15, -0.1) is 0 Å². The van der Waals surface area contributed by atoms with Gasteiger partial charge in [0.2, 0.25) is 0 Å². The maximum absolute atomic E-state index is 14.5. The highest BCUT2D eigenvalue weighted by atomic mass is 19.1. The van der Waals surface area contributed by atoms with E-state index in [4.69, 9.17) is 0 Å². The molecule has 2 atom stereocenters. The zero-order chi connectivity index (χ0) is 22.9. The molecule has 1 fully saturated rings. The van der Waals surface area contributed by atoms with E-state index < -0.39 is 17.5 Å². The summed E-state index contributed by atoms with van der Waals surface area (Å²) in [6.07, 6.45) is 7.83. The Labute approximate surface area is 187 Å². The molecule has 33 heavy (non-hydrogen) atoms. The van der Waals surface area contributed by atoms with Crippen LogP contribution in [0.4, 0.5) is 24.8 Å². The Morgan fingerprint density at radius 3 is 2.64 bits per heavy atom. The summed E-state index contributed by atoms with van der Waals surface area (Å²) in [6, 6.07) is 4.00. The lowest BCUT2D eigenvalue weighted by atomic mass is 9.91. The summed E-state index contributed by atoms with van der Waals surface area (Å²) in [4.78, 5) is 19.7. The fraction of sp³-hybridized carbons (Fsp3) is 0.304. The molecule has 3 N–H and O–H groups in total. The maximum atomic E-state index is 14.5. The Morgan fingerprint density at radius 1 is 1.00 bits per heavy atom. The number of nitrogens with zero attached hydrogens (tertiary/aromatic N) is 4. The number of aromatic amines is 1. The number of nitrogens with one attached hydrogen (secondary N) is 3. The van der Waals surface area contributed by atoms with Crippen LogP contribution in [0.2, 0.25) is 0 Å². The lowest BCUT2D eigenvalue weighted by Gasteiger charge is -2.31. The van der Waals surface area contributed by atoms with Gasteiger partial charge >= 0.3 is 0 Å². The standard InChI is InChI=1S/C23H22F3N7/c1-12-27-6-5-20(30-12)31-14-3-2-4-15(9-14)32-23-19(26)11-29-22(33-23)17-10-28-21-16(17)7-13(24)8-18(21)25/h5-8,10-11,14-15,28H,2-4,9H2,1H3,(H,27,30,31)(H,29,32,33)/t14-,15+/m0/s1. The summed E-state index contributed by atoms with van der Waals surface area (Å²) in [5.41, 5.74) is 0.545. The van der Waals surface area contributed by atoms with Gasteiger partial charge < -0.3 is 15.6 Å². The number of benzene rings is 1. The minimum absolute atomic E-state index is 0.00529. The second kappa shape index (κ2) is 8.68. The van der Waals surface area contributed by atoms with Gasteiger partial charge in [0.25, 0.3) is 0 Å². The molecule has 0 unspecified atom stereocenters. The van der Waals surface area contributed by atoms with E-state index in [1.165, 1.54) is 12.3 Å². The van der Waals surface area contributed by atoms with Crippen molar-refractivity contribution in [3.63, 3.8) is 0 Å². The molecule has 0 saturated heterocycles. The third kappa shape index (κ3) is 4.46. The summed E-state index contributed by atoms with van der Waals surface area (Å²) in [7, 11) is 0. The van der Waals surface area contributed by atoms with E-state index in [-0.39, 0.29) is 29.2 Å². The van der Waals surface area contributed by atoms with Gasteiger partial charge in [0.1, 0.15) is 23.3 Å². The van der Waals surface area contributed by atoms with E-state index in [9.17, 15) is 13.2 Å². The molecule has 0 aliphatic heterocycles. The number of hydrogen-bond acceptors (Lipinski definition) is 6. The van der Waals surface area contributed by atoms with Gasteiger partial charge in [0.05, 0.1) is 11.7 Å². The van der Waals surface area contributed by atoms with Crippen molar-refractivity contribution < 1.29 is 13.2 Å². The van der Waals surface area contributed by atoms with Crippen molar-refractivity contribution in [1.82, 2.24) is 24.9 Å². The number of hydrogen-bond donors (Lipinski definition) is 3. The summed E-state index contributed by atoms with van der Waals surface area (Å²) in [5.74, 6) is -0.304. The normalized spacial score (nSPS) is 18.4. The molecule has 5 rings (SSSR count). The Morgan fingerprint density at radius 2 is 1.82 bits per heavy atom. The van der Waals surface area contributed by atoms with Crippen molar-refractivity contribution in [2.75, 3.05) is 10.6 Å². The number of aromatic nitrogens is 5. The van der Waals surface area contributed by atoms with Crippen molar-refractivity contribution in [1.29, 1.82) is 0 Å². The fourth-order valence-electron chi connectivity index (χ4n) is 4.33. The third-order valence-corrected chi connectivity index (χ3v) is 5.83. The van der Waals surface area contributed by atoms with Gasteiger partial charge in [-0.1, -0.05) is 0 Å². The van der Waals surface area contributed by atoms with Crippen molar-refractivity contribution in [2.24, 2.45) is 0 Å². The van der Waals surface area contributed by atoms with Crippen LogP contribution in [0.15, 0.2) is 36.8 Å². The first kappa shape index (κ1) is 21.2. The van der Waals surface area contributed by atoms with Gasteiger partial charge in [-0.05, 0) is 44.7 Å². The Balaban J connectivity index is 1.36. The van der Waals surface area contributed by atoms with Crippen LogP contribution >= 0.6 is 0 Å². The van der Waals surface area contributed by atoms with Gasteiger partial charge in [0.15, 0.2) is 17.5 Å². The van der Waals surface area contributed by atoms with Crippen LogP contribution in [0, 0.1) is 24.4 Å². The van der Waals surface area contributed by atoms with Crippen LogP contribution in [-0.2, 0) is 0 Å². The zero-order valence-corrected chi connectivity index (χ0v) is 17.9. The summed E-state index contributed by atoms with van der Waals surface area (Å²) in [5, 5.41) is 6.91. The van der Waals surface area contributed by atoms with E-state index >= 15 is 0 Å². The van der Waals surface area contributed by atoms with Crippen LogP contribution in [0.25, 0.3) is 22.3 Å². The first-order valence-corrected chi connectivity index (χ1v) is 10.8. The maximum Gasteiger partial charge on any atom is 0.183 e. The fourth-order valence-corrected chi connectivity index (χ4v) is 4.33. The van der Waals surface area contributed by atoms with E-state index in [1.54, 1.807) is 6.20 Å². The predicted octanol–water partition coefficient (Wildman–Crippen LogP) is 4.98. The molecule has 0 bridgehead atoms. The molecular formula is C23H22F3N7. The minimum Gasteiger partial charge on any atom is -0.367 e. The molecule has 0 amide bonds. The van der Waals surface area contributed by atoms with Crippen LogP contribution in [0.3, 0.4) is 0 Å². The number of halogens is 3. The number of aryl methyl sites for hydroxylation is 1. The molecule has 7 nitrogen and oxygen atoms in total. The first-order chi connectivity index (χ1) is 16.0. The highest BCUT2D eigenvalue weighted by Crippen LogP contribution is 2.30. The van der Waals surface area contributed by atoms with Crippen molar-refractivity contribution >= 4 is 22.5 Å². The van der Waals surface area contributed by atoms with E-state index in [0.717, 1.165) is 43.8 Å². The smallest absolute Gasteiger partial charge is 0.183 e. The molecule has 170 valence electrons. The molecular weight excluding hydrogens is 431 g/mol. The predicted molar refractivity (Wildman–Crippen MR) is 119 cm³/mol. The summed E-state index contributed by atoms with van der Waals surface area (Å²) < 4.78 is 42.4. The average Bonchev–Trinajstić information content (AvgIpc) is 3.20. The zero-order valence-electron chi connectivity index (χ0n) is 17.9. The highest BCUT2D eigenvalue weighted by Gasteiger charge is 2.24. The van der Waals surface area contributed by atoms with Crippen LogP contribution in [0.1, 0.15) is 31.5 Å². The molecule has 3 aromatic heterocycles. The lowest BCUT2D eigenvalue weighted by molar-refractivity contribution is 0.424. The third-order valence-electron chi connectivity index (χ3n) is 5.83. The van der Waals surface area contributed by atoms with Crippen LogP contribution in [-0.4, -0.2) is 37.0 Å². The molecule has 10 heteroatoms. The number of H-pyrrole nitrogens is 1. The highest BCUT2D eigenvalue weighted by molar-refractivity contribution is 5.94. The Hall–Kier alpha value is -3.69. The molecule has 1 aliphatic rings. The van der Waals surface area contributed by atoms with Gasteiger partial charge in [0, 0.05) is 41.5 Å². The topological polar surface area (TPSA) is 91.4 Å². The summed E-state index contributed by atoms with van der Waals surface area (Å²) >= 11 is 0. The number of rotatable bonds is 5. The van der Waals surface area contributed by atoms with E-state index in [2.05, 4.69) is 35.6 Å². The van der Waals surface area contributed by atoms with Crippen molar-refractivity contribution in [3.05, 3.63) is 60.1 Å². The summed E-state index contributed by atoms with van der Waals surface area (Å²) in [6.45, 7) is 1.84. The van der Waals surface area contributed by atoms with Crippen LogP contribution < -0.4 is 10.6 Å². The van der Waals surface area contributed by atoms with Crippen molar-refractivity contribution in [3.8, 4) is 11.4 Å². The molecule has 3 heterocycles. The SMILES string of the molecule is Cc1nccc(N[C@H]2CCC[C@@H](Nc3nc(-c4c[nH]c5c(F)cc(F)cc45)ncc3F)C2)n1. The molecule has 4 aromatic rings. The molecule has 0 radical (unpaired) electrons. The van der Waals surface area contributed by atoms with Gasteiger partial charge in [-0.2, -0.15) is 0 Å². The quantitative estimate of drug-likeness (QED) is 0.395. The minimum atomic E-state index is -0.712. The van der Waals surface area contributed by atoms with Gasteiger partial charge in [-0.25, -0.2) is 33.1 Å². The Bertz CT molecular complexity index is 1310. The Kier molecular flexibility index (Phi) is 5.57. The largest absolute Gasteiger partial charge is 0.367 e. The molecule has 1 saturated carbocycles. The second-order valence-corrected chi connectivity index (χ2v) is 8.24. The second-order valence-electron chi connectivity index (χ2n) is 8.24.